The van der Waals surface area contributed by atoms with E-state index in [0.29, 0.717) is 19.4 Å². The molecule has 114 valence electrons. The van der Waals surface area contributed by atoms with Crippen LogP contribution < -0.4 is 5.32 Å². The molecule has 7 heteroatoms. The molecular formula is C14H18FN3O3. The van der Waals surface area contributed by atoms with Gasteiger partial charge in [-0.15, -0.1) is 0 Å². The summed E-state index contributed by atoms with van der Waals surface area (Å²) in [6.45, 7) is 2.58. The second kappa shape index (κ2) is 6.62. The highest BCUT2D eigenvalue weighted by Crippen LogP contribution is 2.25. The standard InChI is InChI=1S/C14H18FN3O3/c1-2-18(8-13(19)20)12-4-11(5-12)17-14(21)9-3-10(15)7-16-6-9/h3,6-7,11-12H,2,4-5,8H2,1H3,(H,17,21)(H,19,20). The van der Waals surface area contributed by atoms with Crippen molar-refractivity contribution in [2.24, 2.45) is 0 Å². The molecule has 2 rings (SSSR count). The highest BCUT2D eigenvalue weighted by molar-refractivity contribution is 5.94. The molecule has 0 spiro atoms. The molecule has 0 saturated heterocycles. The molecule has 1 amide bonds. The van der Waals surface area contributed by atoms with Gasteiger partial charge in [-0.1, -0.05) is 6.92 Å². The van der Waals surface area contributed by atoms with Gasteiger partial charge in [-0.25, -0.2) is 4.39 Å². The number of nitrogens with one attached hydrogen (secondary N) is 1. The number of aromatic nitrogens is 1. The fraction of sp³-hybridized carbons (Fsp3) is 0.500. The van der Waals surface area contributed by atoms with Crippen molar-refractivity contribution in [2.75, 3.05) is 13.1 Å². The van der Waals surface area contributed by atoms with Gasteiger partial charge < -0.3 is 10.4 Å². The summed E-state index contributed by atoms with van der Waals surface area (Å²) in [5.41, 5.74) is 0.191. The fourth-order valence-corrected chi connectivity index (χ4v) is 2.48. The van der Waals surface area contributed by atoms with Crippen LogP contribution in [0.2, 0.25) is 0 Å². The highest BCUT2D eigenvalue weighted by atomic mass is 19.1. The maximum absolute atomic E-state index is 13.0. The Morgan fingerprint density at radius 1 is 1.48 bits per heavy atom. The minimum atomic E-state index is -0.852. The van der Waals surface area contributed by atoms with Gasteiger partial charge in [0.15, 0.2) is 0 Å². The lowest BCUT2D eigenvalue weighted by atomic mass is 9.85. The van der Waals surface area contributed by atoms with E-state index in [1.54, 1.807) is 0 Å². The van der Waals surface area contributed by atoms with Crippen molar-refractivity contribution in [1.82, 2.24) is 15.2 Å². The molecule has 21 heavy (non-hydrogen) atoms. The lowest BCUT2D eigenvalue weighted by Gasteiger charge is -2.42. The van der Waals surface area contributed by atoms with Gasteiger partial charge in [0.05, 0.1) is 18.3 Å². The van der Waals surface area contributed by atoms with Crippen molar-refractivity contribution in [1.29, 1.82) is 0 Å². The first-order chi connectivity index (χ1) is 9.99. The summed E-state index contributed by atoms with van der Waals surface area (Å²) >= 11 is 0. The van der Waals surface area contributed by atoms with Crippen molar-refractivity contribution >= 4 is 11.9 Å². The van der Waals surface area contributed by atoms with Gasteiger partial charge in [-0.3, -0.25) is 19.5 Å². The van der Waals surface area contributed by atoms with Crippen LogP contribution in [-0.2, 0) is 4.79 Å². The normalized spacial score (nSPS) is 20.9. The van der Waals surface area contributed by atoms with Gasteiger partial charge in [0.2, 0.25) is 0 Å². The van der Waals surface area contributed by atoms with Crippen LogP contribution in [0.5, 0.6) is 0 Å². The van der Waals surface area contributed by atoms with Crippen molar-refractivity contribution in [3.63, 3.8) is 0 Å². The zero-order chi connectivity index (χ0) is 15.4. The average Bonchev–Trinajstić information content (AvgIpc) is 2.39. The first kappa shape index (κ1) is 15.4. The van der Waals surface area contributed by atoms with E-state index in [-0.39, 0.29) is 30.1 Å². The van der Waals surface area contributed by atoms with Crippen molar-refractivity contribution in [3.05, 3.63) is 29.8 Å². The third kappa shape index (κ3) is 3.98. The molecule has 0 aromatic carbocycles. The Bertz CT molecular complexity index is 532. The van der Waals surface area contributed by atoms with Crippen molar-refractivity contribution in [3.8, 4) is 0 Å². The molecule has 0 radical (unpaired) electrons. The minimum Gasteiger partial charge on any atom is -0.480 e. The zero-order valence-electron chi connectivity index (χ0n) is 11.8. The van der Waals surface area contributed by atoms with Crippen molar-refractivity contribution in [2.45, 2.75) is 31.8 Å². The van der Waals surface area contributed by atoms with E-state index < -0.39 is 11.8 Å². The Balaban J connectivity index is 1.82. The number of amides is 1. The summed E-state index contributed by atoms with van der Waals surface area (Å²) in [7, 11) is 0. The lowest BCUT2D eigenvalue weighted by molar-refractivity contribution is -0.139. The monoisotopic (exact) mass is 295 g/mol. The molecule has 6 nitrogen and oxygen atoms in total. The summed E-state index contributed by atoms with van der Waals surface area (Å²) in [5.74, 6) is -1.75. The third-order valence-electron chi connectivity index (χ3n) is 3.68. The average molecular weight is 295 g/mol. The molecule has 0 aliphatic heterocycles. The third-order valence-corrected chi connectivity index (χ3v) is 3.68. The number of aliphatic carboxylic acids is 1. The minimum absolute atomic E-state index is 0.00591. The zero-order valence-corrected chi connectivity index (χ0v) is 11.8. The van der Waals surface area contributed by atoms with Gasteiger partial charge in [-0.05, 0) is 25.5 Å². The SMILES string of the molecule is CCN(CC(=O)O)C1CC(NC(=O)c2cncc(F)c2)C1. The number of hydrogen-bond acceptors (Lipinski definition) is 4. The van der Waals surface area contributed by atoms with Crippen LogP contribution in [0.1, 0.15) is 30.1 Å². The first-order valence-electron chi connectivity index (χ1n) is 6.86. The number of nitrogens with zero attached hydrogens (tertiary/aromatic N) is 2. The summed E-state index contributed by atoms with van der Waals surface area (Å²) < 4.78 is 13.0. The molecule has 1 aromatic rings. The molecule has 2 N–H and O–H groups in total. The number of carbonyl (C=O) groups excluding carboxylic acids is 1. The summed E-state index contributed by atoms with van der Waals surface area (Å²) in [4.78, 5) is 28.1. The molecule has 1 saturated carbocycles. The van der Waals surface area contributed by atoms with E-state index in [1.807, 2.05) is 11.8 Å². The maximum atomic E-state index is 13.0. The number of rotatable bonds is 6. The molecule has 1 aromatic heterocycles. The smallest absolute Gasteiger partial charge is 0.317 e. The van der Waals surface area contributed by atoms with Crippen LogP contribution in [0.25, 0.3) is 0 Å². The topological polar surface area (TPSA) is 82.5 Å². The predicted molar refractivity (Wildman–Crippen MR) is 73.4 cm³/mol. The molecule has 1 heterocycles. The number of carbonyl (C=O) groups is 2. The number of pyridine rings is 1. The molecule has 1 aliphatic carbocycles. The predicted octanol–water partition coefficient (Wildman–Crippen LogP) is 0.888. The van der Waals surface area contributed by atoms with E-state index in [0.717, 1.165) is 12.3 Å². The summed E-state index contributed by atoms with van der Waals surface area (Å²) in [6.07, 6.45) is 3.77. The van der Waals surface area contributed by atoms with E-state index in [4.69, 9.17) is 5.11 Å². The van der Waals surface area contributed by atoms with Crippen LogP contribution in [0.4, 0.5) is 4.39 Å². The lowest BCUT2D eigenvalue weighted by Crippen LogP contribution is -2.54. The molecule has 0 atom stereocenters. The Hall–Kier alpha value is -2.02. The first-order valence-corrected chi connectivity index (χ1v) is 6.86. The fourth-order valence-electron chi connectivity index (χ4n) is 2.48. The van der Waals surface area contributed by atoms with E-state index in [1.165, 1.54) is 6.20 Å². The Morgan fingerprint density at radius 3 is 2.76 bits per heavy atom. The second-order valence-electron chi connectivity index (χ2n) is 5.14. The molecular weight excluding hydrogens is 277 g/mol. The van der Waals surface area contributed by atoms with Crippen LogP contribution in [0.15, 0.2) is 18.5 Å². The molecule has 1 fully saturated rings. The van der Waals surface area contributed by atoms with Gasteiger partial charge >= 0.3 is 5.97 Å². The molecule has 1 aliphatic rings. The Labute approximate surface area is 122 Å². The van der Waals surface area contributed by atoms with Gasteiger partial charge in [-0.2, -0.15) is 0 Å². The van der Waals surface area contributed by atoms with E-state index in [2.05, 4.69) is 10.3 Å². The van der Waals surface area contributed by atoms with Gasteiger partial charge in [0.1, 0.15) is 5.82 Å². The highest BCUT2D eigenvalue weighted by Gasteiger charge is 2.34. The number of carboxylic acid groups (broad SMARTS) is 1. The van der Waals surface area contributed by atoms with Crippen LogP contribution >= 0.6 is 0 Å². The number of halogens is 1. The Kier molecular flexibility index (Phi) is 4.85. The molecule has 0 bridgehead atoms. The van der Waals surface area contributed by atoms with Gasteiger partial charge in [0.25, 0.3) is 5.91 Å². The largest absolute Gasteiger partial charge is 0.480 e. The molecule has 0 unspecified atom stereocenters. The number of hydrogen-bond donors (Lipinski definition) is 2. The van der Waals surface area contributed by atoms with E-state index >= 15 is 0 Å². The summed E-state index contributed by atoms with van der Waals surface area (Å²) in [5, 5.41) is 11.6. The Morgan fingerprint density at radius 2 is 2.19 bits per heavy atom. The van der Waals surface area contributed by atoms with Crippen molar-refractivity contribution < 1.29 is 19.1 Å². The van der Waals surface area contributed by atoms with Crippen LogP contribution in [0, 0.1) is 5.82 Å². The van der Waals surface area contributed by atoms with E-state index in [9.17, 15) is 14.0 Å². The summed E-state index contributed by atoms with van der Waals surface area (Å²) in [6, 6.07) is 1.30. The maximum Gasteiger partial charge on any atom is 0.317 e. The quantitative estimate of drug-likeness (QED) is 0.814. The van der Waals surface area contributed by atoms with Gasteiger partial charge in [0, 0.05) is 18.3 Å². The number of likely N-dealkylation sites (N-methyl/N-ethyl adjacent to an activating group) is 1. The van der Waals surface area contributed by atoms with Crippen LogP contribution in [-0.4, -0.2) is 52.0 Å². The second-order valence-corrected chi connectivity index (χ2v) is 5.14. The number of carboxylic acids is 1. The van der Waals surface area contributed by atoms with Crippen LogP contribution in [0.3, 0.4) is 0 Å².